The van der Waals surface area contributed by atoms with Crippen molar-refractivity contribution in [2.24, 2.45) is 5.73 Å². The lowest BCUT2D eigenvalue weighted by atomic mass is 10.2. The molecule has 0 aromatic rings. The Kier molecular flexibility index (Phi) is 2.91. The van der Waals surface area contributed by atoms with Gasteiger partial charge in [0.1, 0.15) is 5.60 Å². The van der Waals surface area contributed by atoms with Crippen LogP contribution in [-0.2, 0) is 4.74 Å². The van der Waals surface area contributed by atoms with Crippen LogP contribution >= 0.6 is 0 Å². The number of carbonyl (C=O) groups is 1. The Labute approximate surface area is 87.4 Å². The van der Waals surface area contributed by atoms with Gasteiger partial charge in [-0.05, 0) is 20.8 Å². The first kappa shape index (κ1) is 12.2. The SMILES string of the molecule is CC(C)(C)OC(=O)N1CC(N)C(F)(F)C1. The highest BCUT2D eigenvalue weighted by atomic mass is 19.3. The molecule has 1 fully saturated rings. The van der Waals surface area contributed by atoms with Crippen LogP contribution in [0, 0.1) is 0 Å². The lowest BCUT2D eigenvalue weighted by Crippen LogP contribution is -2.38. The van der Waals surface area contributed by atoms with Gasteiger partial charge in [0.15, 0.2) is 0 Å². The molecule has 88 valence electrons. The van der Waals surface area contributed by atoms with E-state index in [1.807, 2.05) is 0 Å². The molecule has 0 radical (unpaired) electrons. The number of alkyl halides is 2. The van der Waals surface area contributed by atoms with Gasteiger partial charge in [0, 0.05) is 6.54 Å². The van der Waals surface area contributed by atoms with Crippen LogP contribution in [0.4, 0.5) is 13.6 Å². The number of likely N-dealkylation sites (tertiary alicyclic amines) is 1. The first-order valence-electron chi connectivity index (χ1n) is 4.73. The highest BCUT2D eigenvalue weighted by molar-refractivity contribution is 5.68. The standard InChI is InChI=1S/C9H16F2N2O2/c1-8(2,3)15-7(14)13-4-6(12)9(10,11)5-13/h6H,4-5,12H2,1-3H3. The van der Waals surface area contributed by atoms with Gasteiger partial charge in [0.25, 0.3) is 5.92 Å². The van der Waals surface area contributed by atoms with Crippen LogP contribution in [0.5, 0.6) is 0 Å². The molecular weight excluding hydrogens is 206 g/mol. The first-order valence-corrected chi connectivity index (χ1v) is 4.73. The van der Waals surface area contributed by atoms with Gasteiger partial charge in [-0.25, -0.2) is 13.6 Å². The van der Waals surface area contributed by atoms with Crippen molar-refractivity contribution in [3.8, 4) is 0 Å². The Hall–Kier alpha value is -0.910. The van der Waals surface area contributed by atoms with Crippen LogP contribution in [-0.4, -0.2) is 41.6 Å². The van der Waals surface area contributed by atoms with Gasteiger partial charge < -0.3 is 15.4 Å². The van der Waals surface area contributed by atoms with Crippen molar-refractivity contribution in [3.05, 3.63) is 0 Å². The minimum atomic E-state index is -3.02. The molecule has 1 aliphatic heterocycles. The number of halogens is 2. The van der Waals surface area contributed by atoms with Gasteiger partial charge in [0.2, 0.25) is 0 Å². The smallest absolute Gasteiger partial charge is 0.410 e. The number of hydrogen-bond acceptors (Lipinski definition) is 3. The average Bonchev–Trinajstić information content (AvgIpc) is 2.23. The van der Waals surface area contributed by atoms with Gasteiger partial charge in [-0.3, -0.25) is 0 Å². The fourth-order valence-corrected chi connectivity index (χ4v) is 1.27. The van der Waals surface area contributed by atoms with Gasteiger partial charge in [-0.2, -0.15) is 0 Å². The minimum absolute atomic E-state index is 0.165. The molecule has 1 amide bonds. The van der Waals surface area contributed by atoms with Crippen molar-refractivity contribution in [3.63, 3.8) is 0 Å². The van der Waals surface area contributed by atoms with Crippen molar-refractivity contribution in [2.75, 3.05) is 13.1 Å². The van der Waals surface area contributed by atoms with E-state index < -0.39 is 30.2 Å². The van der Waals surface area contributed by atoms with E-state index in [0.29, 0.717) is 0 Å². The third kappa shape index (κ3) is 3.02. The molecule has 15 heavy (non-hydrogen) atoms. The van der Waals surface area contributed by atoms with Gasteiger partial charge >= 0.3 is 6.09 Å². The molecule has 0 aromatic heterocycles. The lowest BCUT2D eigenvalue weighted by molar-refractivity contribution is -0.00942. The maximum atomic E-state index is 13.0. The molecule has 6 heteroatoms. The number of ether oxygens (including phenoxy) is 1. The largest absolute Gasteiger partial charge is 0.444 e. The summed E-state index contributed by atoms with van der Waals surface area (Å²) in [6, 6.07) is -1.30. The predicted octanol–water partition coefficient (Wildman–Crippen LogP) is 1.20. The topological polar surface area (TPSA) is 55.6 Å². The molecule has 1 saturated heterocycles. The van der Waals surface area contributed by atoms with E-state index in [1.54, 1.807) is 20.8 Å². The van der Waals surface area contributed by atoms with Crippen molar-refractivity contribution in [1.29, 1.82) is 0 Å². The third-order valence-corrected chi connectivity index (χ3v) is 2.01. The van der Waals surface area contributed by atoms with Crippen LogP contribution < -0.4 is 5.73 Å². The number of nitrogens with two attached hydrogens (primary N) is 1. The lowest BCUT2D eigenvalue weighted by Gasteiger charge is -2.24. The van der Waals surface area contributed by atoms with Gasteiger partial charge in [0.05, 0.1) is 12.6 Å². The van der Waals surface area contributed by atoms with E-state index in [2.05, 4.69) is 0 Å². The molecule has 0 spiro atoms. The van der Waals surface area contributed by atoms with E-state index in [4.69, 9.17) is 10.5 Å². The molecule has 1 atom stereocenters. The van der Waals surface area contributed by atoms with Gasteiger partial charge in [-0.1, -0.05) is 0 Å². The predicted molar refractivity (Wildman–Crippen MR) is 50.7 cm³/mol. The van der Waals surface area contributed by atoms with E-state index in [1.165, 1.54) is 0 Å². The molecule has 4 nitrogen and oxygen atoms in total. The first-order chi connectivity index (χ1) is 6.62. The number of amides is 1. The number of rotatable bonds is 0. The highest BCUT2D eigenvalue weighted by Crippen LogP contribution is 2.27. The summed E-state index contributed by atoms with van der Waals surface area (Å²) in [4.78, 5) is 12.3. The Morgan fingerprint density at radius 1 is 1.53 bits per heavy atom. The van der Waals surface area contributed by atoms with Crippen LogP contribution in [0.25, 0.3) is 0 Å². The maximum absolute atomic E-state index is 13.0. The van der Waals surface area contributed by atoms with E-state index in [-0.39, 0.29) is 6.54 Å². The summed E-state index contributed by atoms with van der Waals surface area (Å²) in [7, 11) is 0. The molecule has 1 heterocycles. The molecule has 0 aliphatic carbocycles. The Morgan fingerprint density at radius 3 is 2.40 bits per heavy atom. The molecule has 1 aliphatic rings. The van der Waals surface area contributed by atoms with E-state index >= 15 is 0 Å². The molecule has 1 unspecified atom stereocenters. The van der Waals surface area contributed by atoms with Crippen molar-refractivity contribution in [1.82, 2.24) is 4.90 Å². The molecule has 1 rings (SSSR count). The number of nitrogens with zero attached hydrogens (tertiary/aromatic N) is 1. The zero-order valence-electron chi connectivity index (χ0n) is 9.09. The summed E-state index contributed by atoms with van der Waals surface area (Å²) in [5.41, 5.74) is 4.52. The molecule has 0 saturated carbocycles. The second-order valence-corrected chi connectivity index (χ2v) is 4.73. The average molecular weight is 222 g/mol. The van der Waals surface area contributed by atoms with Crippen LogP contribution in [0.3, 0.4) is 0 Å². The maximum Gasteiger partial charge on any atom is 0.410 e. The fourth-order valence-electron chi connectivity index (χ4n) is 1.27. The normalized spacial score (nSPS) is 25.5. The number of carbonyl (C=O) groups excluding carboxylic acids is 1. The van der Waals surface area contributed by atoms with E-state index in [0.717, 1.165) is 4.90 Å². The quantitative estimate of drug-likeness (QED) is 0.670. The Morgan fingerprint density at radius 2 is 2.07 bits per heavy atom. The third-order valence-electron chi connectivity index (χ3n) is 2.01. The Balaban J connectivity index is 2.58. The van der Waals surface area contributed by atoms with Crippen LogP contribution in [0.2, 0.25) is 0 Å². The number of hydrogen-bond donors (Lipinski definition) is 1. The Bertz CT molecular complexity index is 263. The van der Waals surface area contributed by atoms with Crippen molar-refractivity contribution < 1.29 is 18.3 Å². The summed E-state index contributed by atoms with van der Waals surface area (Å²) < 4.78 is 31.0. The van der Waals surface area contributed by atoms with Crippen LogP contribution in [0.15, 0.2) is 0 Å². The summed E-state index contributed by atoms with van der Waals surface area (Å²) in [6.07, 6.45) is -0.741. The van der Waals surface area contributed by atoms with Crippen molar-refractivity contribution in [2.45, 2.75) is 38.3 Å². The highest BCUT2D eigenvalue weighted by Gasteiger charge is 2.48. The summed E-state index contributed by atoms with van der Waals surface area (Å²) >= 11 is 0. The molecule has 0 aromatic carbocycles. The fraction of sp³-hybridized carbons (Fsp3) is 0.889. The minimum Gasteiger partial charge on any atom is -0.444 e. The summed E-state index contributed by atoms with van der Waals surface area (Å²) in [6.45, 7) is 4.21. The van der Waals surface area contributed by atoms with Crippen LogP contribution in [0.1, 0.15) is 20.8 Å². The van der Waals surface area contributed by atoms with Gasteiger partial charge in [-0.15, -0.1) is 0 Å². The molecular formula is C9H16F2N2O2. The van der Waals surface area contributed by atoms with E-state index in [9.17, 15) is 13.6 Å². The molecule has 0 bridgehead atoms. The summed E-state index contributed by atoms with van der Waals surface area (Å²) in [5, 5.41) is 0. The molecule has 2 N–H and O–H groups in total. The zero-order chi connectivity index (χ0) is 11.9. The second kappa shape index (κ2) is 3.59. The zero-order valence-corrected chi connectivity index (χ0v) is 9.09. The monoisotopic (exact) mass is 222 g/mol. The second-order valence-electron chi connectivity index (χ2n) is 4.73. The van der Waals surface area contributed by atoms with Crippen molar-refractivity contribution >= 4 is 6.09 Å². The summed E-state index contributed by atoms with van der Waals surface area (Å²) in [5.74, 6) is -3.02.